The van der Waals surface area contributed by atoms with Crippen LogP contribution in [0.3, 0.4) is 0 Å². The van der Waals surface area contributed by atoms with Gasteiger partial charge in [0, 0.05) is 56.8 Å². The molecule has 0 N–H and O–H groups in total. The van der Waals surface area contributed by atoms with Gasteiger partial charge in [0.1, 0.15) is 0 Å². The quantitative estimate of drug-likeness (QED) is 0.751. The third kappa shape index (κ3) is 4.48. The zero-order valence-electron chi connectivity index (χ0n) is 17.0. The van der Waals surface area contributed by atoms with Crippen LogP contribution in [0.2, 0.25) is 0 Å². The number of likely N-dealkylation sites (tertiary alicyclic amines) is 1. The maximum absolute atomic E-state index is 12.8. The summed E-state index contributed by atoms with van der Waals surface area (Å²) >= 11 is 0. The molecule has 164 valence electrons. The Hall–Kier alpha value is -2.09. The van der Waals surface area contributed by atoms with E-state index in [-0.39, 0.29) is 36.6 Å². The van der Waals surface area contributed by atoms with Gasteiger partial charge < -0.3 is 9.80 Å². The second-order valence-corrected chi connectivity index (χ2v) is 8.68. The molecule has 1 aromatic carbocycles. The molecule has 0 aromatic heterocycles. The second kappa shape index (κ2) is 8.57. The van der Waals surface area contributed by atoms with E-state index in [0.717, 1.165) is 13.1 Å². The Morgan fingerprint density at radius 1 is 0.833 bits per heavy atom. The summed E-state index contributed by atoms with van der Waals surface area (Å²) in [5.41, 5.74) is 0.701. The fourth-order valence-electron chi connectivity index (χ4n) is 4.85. The van der Waals surface area contributed by atoms with Gasteiger partial charge >= 0.3 is 6.18 Å². The van der Waals surface area contributed by atoms with Gasteiger partial charge in [0.05, 0.1) is 5.92 Å². The van der Waals surface area contributed by atoms with Crippen molar-refractivity contribution in [3.8, 4) is 0 Å². The summed E-state index contributed by atoms with van der Waals surface area (Å²) in [5.74, 6) is -1.44. The highest BCUT2D eigenvalue weighted by Crippen LogP contribution is 2.40. The van der Waals surface area contributed by atoms with Gasteiger partial charge in [0.15, 0.2) is 0 Å². The van der Waals surface area contributed by atoms with Crippen LogP contribution < -0.4 is 0 Å². The molecule has 1 aromatic rings. The highest BCUT2D eigenvalue weighted by atomic mass is 19.4. The lowest BCUT2D eigenvalue weighted by atomic mass is 9.80. The second-order valence-electron chi connectivity index (χ2n) is 8.68. The molecule has 4 rings (SSSR count). The van der Waals surface area contributed by atoms with Crippen LogP contribution >= 0.6 is 0 Å². The SMILES string of the molecule is O=C(c1ccccc1)N1CCN(C2CN(C(=O)C3CCC(C(F)(F)F)CC3)C2)CC1. The zero-order valence-corrected chi connectivity index (χ0v) is 17.0. The Bertz CT molecular complexity index is 749. The van der Waals surface area contributed by atoms with E-state index in [1.165, 1.54) is 0 Å². The first-order valence-corrected chi connectivity index (χ1v) is 10.8. The van der Waals surface area contributed by atoms with E-state index in [1.54, 1.807) is 4.90 Å². The van der Waals surface area contributed by atoms with Crippen LogP contribution in [0.25, 0.3) is 0 Å². The Kier molecular flexibility index (Phi) is 6.04. The van der Waals surface area contributed by atoms with E-state index in [2.05, 4.69) is 4.90 Å². The van der Waals surface area contributed by atoms with Gasteiger partial charge in [-0.2, -0.15) is 13.2 Å². The molecule has 2 amide bonds. The summed E-state index contributed by atoms with van der Waals surface area (Å²) < 4.78 is 38.4. The van der Waals surface area contributed by atoms with Crippen molar-refractivity contribution in [1.82, 2.24) is 14.7 Å². The number of hydrogen-bond acceptors (Lipinski definition) is 3. The molecule has 30 heavy (non-hydrogen) atoms. The van der Waals surface area contributed by atoms with Crippen molar-refractivity contribution in [2.24, 2.45) is 11.8 Å². The van der Waals surface area contributed by atoms with Gasteiger partial charge in [-0.3, -0.25) is 14.5 Å². The van der Waals surface area contributed by atoms with E-state index in [9.17, 15) is 22.8 Å². The molecular formula is C22H28F3N3O2. The van der Waals surface area contributed by atoms with E-state index in [0.29, 0.717) is 44.6 Å². The maximum atomic E-state index is 12.8. The lowest BCUT2D eigenvalue weighted by Crippen LogP contribution is -2.65. The Balaban J connectivity index is 1.19. The molecule has 5 nitrogen and oxygen atoms in total. The predicted molar refractivity (Wildman–Crippen MR) is 106 cm³/mol. The topological polar surface area (TPSA) is 43.9 Å². The number of nitrogens with zero attached hydrogens (tertiary/aromatic N) is 3. The summed E-state index contributed by atoms with van der Waals surface area (Å²) in [4.78, 5) is 31.2. The fourth-order valence-corrected chi connectivity index (χ4v) is 4.85. The lowest BCUT2D eigenvalue weighted by Gasteiger charge is -2.49. The van der Waals surface area contributed by atoms with Gasteiger partial charge in [-0.05, 0) is 37.8 Å². The van der Waals surface area contributed by atoms with Gasteiger partial charge in [0.25, 0.3) is 5.91 Å². The third-order valence-electron chi connectivity index (χ3n) is 6.85. The van der Waals surface area contributed by atoms with Crippen molar-refractivity contribution in [2.45, 2.75) is 37.9 Å². The van der Waals surface area contributed by atoms with Crippen LogP contribution in [-0.2, 0) is 4.79 Å². The first-order chi connectivity index (χ1) is 14.3. The molecule has 3 fully saturated rings. The molecular weight excluding hydrogens is 395 g/mol. The van der Waals surface area contributed by atoms with Crippen LogP contribution in [0.4, 0.5) is 13.2 Å². The number of benzene rings is 1. The molecule has 2 aliphatic heterocycles. The normalized spacial score (nSPS) is 26.4. The van der Waals surface area contributed by atoms with Crippen molar-refractivity contribution in [2.75, 3.05) is 39.3 Å². The Morgan fingerprint density at radius 3 is 2.00 bits per heavy atom. The molecule has 2 saturated heterocycles. The van der Waals surface area contributed by atoms with Crippen molar-refractivity contribution in [3.05, 3.63) is 35.9 Å². The van der Waals surface area contributed by atoms with E-state index < -0.39 is 12.1 Å². The fraction of sp³-hybridized carbons (Fsp3) is 0.636. The van der Waals surface area contributed by atoms with Crippen molar-refractivity contribution in [1.29, 1.82) is 0 Å². The van der Waals surface area contributed by atoms with Crippen LogP contribution in [0.1, 0.15) is 36.0 Å². The van der Waals surface area contributed by atoms with Crippen LogP contribution in [0.5, 0.6) is 0 Å². The average molecular weight is 423 g/mol. The Morgan fingerprint density at radius 2 is 1.43 bits per heavy atom. The number of carbonyl (C=O) groups is 2. The van der Waals surface area contributed by atoms with Crippen LogP contribution in [-0.4, -0.2) is 78.0 Å². The summed E-state index contributed by atoms with van der Waals surface area (Å²) in [6.07, 6.45) is -3.34. The van der Waals surface area contributed by atoms with E-state index >= 15 is 0 Å². The molecule has 0 radical (unpaired) electrons. The largest absolute Gasteiger partial charge is 0.391 e. The third-order valence-corrected chi connectivity index (χ3v) is 6.85. The minimum absolute atomic E-state index is 0.0183. The molecule has 2 heterocycles. The number of rotatable bonds is 3. The summed E-state index contributed by atoms with van der Waals surface area (Å²) in [5, 5.41) is 0. The van der Waals surface area contributed by atoms with Gasteiger partial charge in [-0.1, -0.05) is 18.2 Å². The summed E-state index contributed by atoms with van der Waals surface area (Å²) in [6, 6.07) is 9.55. The van der Waals surface area contributed by atoms with E-state index in [4.69, 9.17) is 0 Å². The molecule has 3 aliphatic rings. The van der Waals surface area contributed by atoms with Gasteiger partial charge in [-0.25, -0.2) is 0 Å². The minimum Gasteiger partial charge on any atom is -0.339 e. The summed E-state index contributed by atoms with van der Waals surface area (Å²) in [7, 11) is 0. The highest BCUT2D eigenvalue weighted by Gasteiger charge is 2.44. The average Bonchev–Trinajstić information content (AvgIpc) is 2.73. The van der Waals surface area contributed by atoms with Crippen molar-refractivity contribution < 1.29 is 22.8 Å². The lowest BCUT2D eigenvalue weighted by molar-refractivity contribution is -0.186. The minimum atomic E-state index is -4.14. The molecule has 0 atom stereocenters. The predicted octanol–water partition coefficient (Wildman–Crippen LogP) is 3.02. The number of alkyl halides is 3. The first kappa shape index (κ1) is 21.2. The molecule has 8 heteroatoms. The number of piperazine rings is 1. The summed E-state index contributed by atoms with van der Waals surface area (Å²) in [6.45, 7) is 4.18. The molecule has 0 unspecified atom stereocenters. The van der Waals surface area contributed by atoms with E-state index in [1.807, 2.05) is 35.2 Å². The number of carbonyl (C=O) groups excluding carboxylic acids is 2. The van der Waals surface area contributed by atoms with Crippen LogP contribution in [0, 0.1) is 11.8 Å². The van der Waals surface area contributed by atoms with Gasteiger partial charge in [-0.15, -0.1) is 0 Å². The Labute approximate surface area is 174 Å². The smallest absolute Gasteiger partial charge is 0.339 e. The molecule has 1 saturated carbocycles. The number of amides is 2. The standard InChI is InChI=1S/C22H28F3N3O2/c23-22(24,25)18-8-6-17(7-9-18)21(30)28-14-19(15-28)26-10-12-27(13-11-26)20(29)16-4-2-1-3-5-16/h1-5,17-19H,6-15H2. The monoisotopic (exact) mass is 423 g/mol. The highest BCUT2D eigenvalue weighted by molar-refractivity contribution is 5.94. The van der Waals surface area contributed by atoms with Gasteiger partial charge in [0.2, 0.25) is 5.91 Å². The first-order valence-electron chi connectivity index (χ1n) is 10.8. The zero-order chi connectivity index (χ0) is 21.3. The van der Waals surface area contributed by atoms with Crippen molar-refractivity contribution >= 4 is 11.8 Å². The van der Waals surface area contributed by atoms with Crippen LogP contribution in [0.15, 0.2) is 30.3 Å². The molecule has 0 bridgehead atoms. The molecule has 1 aliphatic carbocycles. The molecule has 0 spiro atoms. The number of hydrogen-bond donors (Lipinski definition) is 0. The van der Waals surface area contributed by atoms with Crippen molar-refractivity contribution in [3.63, 3.8) is 0 Å². The number of halogens is 3. The maximum Gasteiger partial charge on any atom is 0.391 e.